The van der Waals surface area contributed by atoms with Gasteiger partial charge in [-0.05, 0) is 32.8 Å². The second-order valence-electron chi connectivity index (χ2n) is 5.56. The highest BCUT2D eigenvalue weighted by Crippen LogP contribution is 2.32. The predicted molar refractivity (Wildman–Crippen MR) is 96.4 cm³/mol. The fourth-order valence-electron chi connectivity index (χ4n) is 2.22. The maximum Gasteiger partial charge on any atom is 0.239 e. The normalized spacial score (nSPS) is 10.7. The first-order chi connectivity index (χ1) is 11.4. The number of anilines is 1. The van der Waals surface area contributed by atoms with Gasteiger partial charge in [0.05, 0.1) is 18.5 Å². The fourth-order valence-corrected chi connectivity index (χ4v) is 3.29. The molecule has 0 unspecified atom stereocenters. The summed E-state index contributed by atoms with van der Waals surface area (Å²) >= 11 is 1.62. The topological polar surface area (TPSA) is 96.0 Å². The number of amides is 2. The number of rotatable bonds is 7. The summed E-state index contributed by atoms with van der Waals surface area (Å²) in [6.45, 7) is 8.52. The average molecular weight is 349 g/mol. The van der Waals surface area contributed by atoms with Crippen molar-refractivity contribution in [3.8, 4) is 0 Å². The van der Waals surface area contributed by atoms with Gasteiger partial charge in [0.2, 0.25) is 11.8 Å². The Morgan fingerprint density at radius 2 is 1.75 bits per heavy atom. The molecule has 2 rings (SSSR count). The standard InChI is InChI=1S/C16H23N5O2S/c1-5-6-17-12(22)7-18-13(23)8-19-15-14-9(2)10(3)24-16(14)21-11(4)20-15/h5-8H2,1-4H3,(H,17,22)(H,18,23)(H,19,20,21). The quantitative estimate of drug-likeness (QED) is 0.707. The van der Waals surface area contributed by atoms with Crippen molar-refractivity contribution in [2.24, 2.45) is 0 Å². The van der Waals surface area contributed by atoms with Crippen LogP contribution in [0.25, 0.3) is 10.2 Å². The first-order valence-corrected chi connectivity index (χ1v) is 8.75. The third-order valence-corrected chi connectivity index (χ3v) is 4.68. The number of aromatic nitrogens is 2. The monoisotopic (exact) mass is 349 g/mol. The van der Waals surface area contributed by atoms with Crippen LogP contribution in [0.5, 0.6) is 0 Å². The summed E-state index contributed by atoms with van der Waals surface area (Å²) < 4.78 is 0. The van der Waals surface area contributed by atoms with Gasteiger partial charge in [0.25, 0.3) is 0 Å². The van der Waals surface area contributed by atoms with Gasteiger partial charge >= 0.3 is 0 Å². The summed E-state index contributed by atoms with van der Waals surface area (Å²) in [6, 6.07) is 0. The van der Waals surface area contributed by atoms with Gasteiger partial charge in [0.1, 0.15) is 16.5 Å². The van der Waals surface area contributed by atoms with E-state index in [0.29, 0.717) is 18.2 Å². The Balaban J connectivity index is 1.98. The Labute approximate surface area is 145 Å². The fraction of sp³-hybridized carbons (Fsp3) is 0.500. The zero-order chi connectivity index (χ0) is 17.7. The number of aryl methyl sites for hydroxylation is 3. The number of hydrogen-bond donors (Lipinski definition) is 3. The molecule has 2 amide bonds. The van der Waals surface area contributed by atoms with Crippen LogP contribution in [0.2, 0.25) is 0 Å². The van der Waals surface area contributed by atoms with Crippen molar-refractivity contribution in [1.29, 1.82) is 0 Å². The second kappa shape index (κ2) is 8.05. The van der Waals surface area contributed by atoms with Crippen molar-refractivity contribution < 1.29 is 9.59 Å². The van der Waals surface area contributed by atoms with Crippen molar-refractivity contribution in [3.05, 3.63) is 16.3 Å². The molecule has 3 N–H and O–H groups in total. The molecule has 0 spiro atoms. The van der Waals surface area contributed by atoms with Crippen LogP contribution in [0.1, 0.15) is 29.6 Å². The Hall–Kier alpha value is -2.22. The van der Waals surface area contributed by atoms with Gasteiger partial charge in [-0.1, -0.05) is 6.92 Å². The van der Waals surface area contributed by atoms with E-state index in [9.17, 15) is 9.59 Å². The highest BCUT2D eigenvalue weighted by Gasteiger charge is 2.14. The summed E-state index contributed by atoms with van der Waals surface area (Å²) in [5, 5.41) is 9.32. The van der Waals surface area contributed by atoms with E-state index >= 15 is 0 Å². The summed E-state index contributed by atoms with van der Waals surface area (Å²) in [4.78, 5) is 34.4. The summed E-state index contributed by atoms with van der Waals surface area (Å²) in [7, 11) is 0. The molecule has 8 heteroatoms. The minimum atomic E-state index is -0.254. The molecular formula is C16H23N5O2S. The van der Waals surface area contributed by atoms with Crippen molar-refractivity contribution >= 4 is 39.2 Å². The van der Waals surface area contributed by atoms with E-state index < -0.39 is 0 Å². The molecule has 0 atom stereocenters. The molecule has 7 nitrogen and oxygen atoms in total. The maximum atomic E-state index is 11.9. The van der Waals surface area contributed by atoms with Gasteiger partial charge in [-0.3, -0.25) is 9.59 Å². The molecule has 0 bridgehead atoms. The van der Waals surface area contributed by atoms with Gasteiger partial charge in [-0.15, -0.1) is 11.3 Å². The molecular weight excluding hydrogens is 326 g/mol. The van der Waals surface area contributed by atoms with Crippen molar-refractivity contribution in [2.75, 3.05) is 25.0 Å². The third kappa shape index (κ3) is 4.41. The minimum Gasteiger partial charge on any atom is -0.360 e. The lowest BCUT2D eigenvalue weighted by Crippen LogP contribution is -2.39. The molecule has 0 radical (unpaired) electrons. The lowest BCUT2D eigenvalue weighted by Gasteiger charge is -2.09. The zero-order valence-electron chi connectivity index (χ0n) is 14.4. The lowest BCUT2D eigenvalue weighted by atomic mass is 10.2. The van der Waals surface area contributed by atoms with Gasteiger partial charge in [-0.2, -0.15) is 0 Å². The SMILES string of the molecule is CCCNC(=O)CNC(=O)CNc1nc(C)nc2sc(C)c(C)c12. The van der Waals surface area contributed by atoms with E-state index in [1.54, 1.807) is 11.3 Å². The lowest BCUT2D eigenvalue weighted by molar-refractivity contribution is -0.125. The molecule has 2 aromatic heterocycles. The van der Waals surface area contributed by atoms with E-state index in [1.807, 2.05) is 27.7 Å². The van der Waals surface area contributed by atoms with Crippen molar-refractivity contribution in [1.82, 2.24) is 20.6 Å². The van der Waals surface area contributed by atoms with Crippen molar-refractivity contribution in [3.63, 3.8) is 0 Å². The molecule has 2 aromatic rings. The summed E-state index contributed by atoms with van der Waals surface area (Å²) in [6.07, 6.45) is 0.865. The highest BCUT2D eigenvalue weighted by molar-refractivity contribution is 7.18. The molecule has 0 aliphatic carbocycles. The molecule has 130 valence electrons. The van der Waals surface area contributed by atoms with E-state index in [0.717, 1.165) is 22.2 Å². The molecule has 0 saturated carbocycles. The minimum absolute atomic E-state index is 0.0185. The van der Waals surface area contributed by atoms with Crippen LogP contribution in [0.4, 0.5) is 5.82 Å². The van der Waals surface area contributed by atoms with Crippen LogP contribution in [0.15, 0.2) is 0 Å². The largest absolute Gasteiger partial charge is 0.360 e. The highest BCUT2D eigenvalue weighted by atomic mass is 32.1. The van der Waals surface area contributed by atoms with Crippen LogP contribution in [-0.2, 0) is 9.59 Å². The van der Waals surface area contributed by atoms with E-state index in [4.69, 9.17) is 0 Å². The second-order valence-corrected chi connectivity index (χ2v) is 6.77. The number of nitrogens with one attached hydrogen (secondary N) is 3. The van der Waals surface area contributed by atoms with E-state index in [2.05, 4.69) is 25.9 Å². The van der Waals surface area contributed by atoms with Gasteiger partial charge in [0, 0.05) is 11.4 Å². The molecule has 2 heterocycles. The number of carbonyl (C=O) groups is 2. The molecule has 0 fully saturated rings. The van der Waals surface area contributed by atoms with Gasteiger partial charge < -0.3 is 16.0 Å². The number of nitrogens with zero attached hydrogens (tertiary/aromatic N) is 2. The summed E-state index contributed by atoms with van der Waals surface area (Å²) in [5.41, 5.74) is 1.12. The average Bonchev–Trinajstić information content (AvgIpc) is 2.82. The first kappa shape index (κ1) is 18.1. The molecule has 24 heavy (non-hydrogen) atoms. The predicted octanol–water partition coefficient (Wildman–Crippen LogP) is 1.67. The third-order valence-electron chi connectivity index (χ3n) is 3.58. The number of hydrogen-bond acceptors (Lipinski definition) is 6. The van der Waals surface area contributed by atoms with Gasteiger partial charge in [-0.25, -0.2) is 9.97 Å². The Bertz CT molecular complexity index is 756. The number of carbonyl (C=O) groups excluding carboxylic acids is 2. The number of fused-ring (bicyclic) bond motifs is 1. The van der Waals surface area contributed by atoms with Crippen molar-refractivity contribution in [2.45, 2.75) is 34.1 Å². The zero-order valence-corrected chi connectivity index (χ0v) is 15.3. The molecule has 0 aliphatic rings. The van der Waals surface area contributed by atoms with Crippen LogP contribution >= 0.6 is 11.3 Å². The van der Waals surface area contributed by atoms with E-state index in [1.165, 1.54) is 4.88 Å². The van der Waals surface area contributed by atoms with Crippen LogP contribution in [0.3, 0.4) is 0 Å². The molecule has 0 saturated heterocycles. The molecule has 0 aromatic carbocycles. The Kier molecular flexibility index (Phi) is 6.08. The van der Waals surface area contributed by atoms with Crippen LogP contribution < -0.4 is 16.0 Å². The Morgan fingerprint density at radius 3 is 2.46 bits per heavy atom. The van der Waals surface area contributed by atoms with Crippen LogP contribution in [-0.4, -0.2) is 41.4 Å². The number of thiophene rings is 1. The van der Waals surface area contributed by atoms with E-state index in [-0.39, 0.29) is 24.9 Å². The van der Waals surface area contributed by atoms with Gasteiger partial charge in [0.15, 0.2) is 0 Å². The summed E-state index contributed by atoms with van der Waals surface area (Å²) in [5.74, 6) is 0.876. The maximum absolute atomic E-state index is 11.9. The molecule has 0 aliphatic heterocycles. The first-order valence-electron chi connectivity index (χ1n) is 7.94. The smallest absolute Gasteiger partial charge is 0.239 e. The Morgan fingerprint density at radius 1 is 1.04 bits per heavy atom. The van der Waals surface area contributed by atoms with Crippen LogP contribution in [0, 0.1) is 20.8 Å².